The number of likely N-dealkylation sites (tertiary alicyclic amines) is 1. The minimum absolute atomic E-state index is 0.304. The molecule has 3 rings (SSSR count). The molecular formula is C17H26N4O. The summed E-state index contributed by atoms with van der Waals surface area (Å²) in [6.45, 7) is 7.44. The Morgan fingerprint density at radius 3 is 2.68 bits per heavy atom. The first-order valence-corrected chi connectivity index (χ1v) is 8.42. The fourth-order valence-corrected chi connectivity index (χ4v) is 3.43. The molecule has 1 amide bonds. The van der Waals surface area contributed by atoms with Crippen molar-refractivity contribution in [1.29, 1.82) is 0 Å². The van der Waals surface area contributed by atoms with Gasteiger partial charge in [0.2, 0.25) is 5.91 Å². The third-order valence-corrected chi connectivity index (χ3v) is 4.83. The summed E-state index contributed by atoms with van der Waals surface area (Å²) in [5.74, 6) is 1.34. The SMILES string of the molecule is CC1CCCCN1C(=O)CN1CCN(c2ccccn2)CC1. The van der Waals surface area contributed by atoms with E-state index in [4.69, 9.17) is 0 Å². The van der Waals surface area contributed by atoms with Gasteiger partial charge in [0.05, 0.1) is 6.54 Å². The molecule has 1 aromatic rings. The van der Waals surface area contributed by atoms with Crippen LogP contribution < -0.4 is 4.90 Å². The lowest BCUT2D eigenvalue weighted by Crippen LogP contribution is -2.52. The van der Waals surface area contributed by atoms with Gasteiger partial charge in [-0.05, 0) is 38.3 Å². The highest BCUT2D eigenvalue weighted by Crippen LogP contribution is 2.17. The lowest BCUT2D eigenvalue weighted by atomic mass is 10.0. The van der Waals surface area contributed by atoms with E-state index in [0.717, 1.165) is 51.4 Å². The van der Waals surface area contributed by atoms with E-state index in [9.17, 15) is 4.79 Å². The van der Waals surface area contributed by atoms with E-state index in [2.05, 4.69) is 32.7 Å². The normalized spacial score (nSPS) is 23.6. The maximum atomic E-state index is 12.5. The number of rotatable bonds is 3. The van der Waals surface area contributed by atoms with Crippen molar-refractivity contribution in [3.63, 3.8) is 0 Å². The maximum Gasteiger partial charge on any atom is 0.236 e. The van der Waals surface area contributed by atoms with Crippen LogP contribution in [0.3, 0.4) is 0 Å². The van der Waals surface area contributed by atoms with Gasteiger partial charge >= 0.3 is 0 Å². The molecule has 3 heterocycles. The highest BCUT2D eigenvalue weighted by molar-refractivity contribution is 5.78. The van der Waals surface area contributed by atoms with E-state index in [-0.39, 0.29) is 0 Å². The molecule has 1 unspecified atom stereocenters. The third-order valence-electron chi connectivity index (χ3n) is 4.83. The minimum atomic E-state index is 0.304. The Labute approximate surface area is 132 Å². The standard InChI is InChI=1S/C17H26N4O/c1-15-6-3-5-9-21(15)17(22)14-19-10-12-20(13-11-19)16-7-2-4-8-18-16/h2,4,7-8,15H,3,5-6,9-14H2,1H3. The Morgan fingerprint density at radius 1 is 1.18 bits per heavy atom. The molecule has 0 N–H and O–H groups in total. The van der Waals surface area contributed by atoms with Gasteiger partial charge in [0.1, 0.15) is 5.82 Å². The fourth-order valence-electron chi connectivity index (χ4n) is 3.43. The molecule has 0 saturated carbocycles. The summed E-state index contributed by atoms with van der Waals surface area (Å²) in [7, 11) is 0. The van der Waals surface area contributed by atoms with Crippen molar-refractivity contribution in [3.05, 3.63) is 24.4 Å². The number of pyridine rings is 1. The van der Waals surface area contributed by atoms with Gasteiger partial charge in [-0.15, -0.1) is 0 Å². The van der Waals surface area contributed by atoms with Crippen LogP contribution in [0.4, 0.5) is 5.82 Å². The predicted molar refractivity (Wildman–Crippen MR) is 87.9 cm³/mol. The second kappa shape index (κ2) is 7.09. The summed E-state index contributed by atoms with van der Waals surface area (Å²) in [6.07, 6.45) is 5.40. The lowest BCUT2D eigenvalue weighted by Gasteiger charge is -2.38. The van der Waals surface area contributed by atoms with Gasteiger partial charge in [-0.2, -0.15) is 0 Å². The number of amides is 1. The summed E-state index contributed by atoms with van der Waals surface area (Å²) < 4.78 is 0. The Hall–Kier alpha value is -1.62. The number of carbonyl (C=O) groups excluding carboxylic acids is 1. The molecule has 0 aliphatic carbocycles. The zero-order valence-electron chi connectivity index (χ0n) is 13.4. The van der Waals surface area contributed by atoms with Crippen LogP contribution in [-0.4, -0.2) is 66.0 Å². The average Bonchev–Trinajstić information content (AvgIpc) is 2.57. The van der Waals surface area contributed by atoms with Crippen molar-refractivity contribution in [3.8, 4) is 0 Å². The summed E-state index contributed by atoms with van der Waals surface area (Å²) in [4.78, 5) is 23.5. The number of aromatic nitrogens is 1. The third kappa shape index (κ3) is 3.58. The number of nitrogens with zero attached hydrogens (tertiary/aromatic N) is 4. The molecule has 2 aliphatic heterocycles. The molecule has 0 aromatic carbocycles. The van der Waals surface area contributed by atoms with Gasteiger partial charge in [-0.25, -0.2) is 4.98 Å². The molecule has 0 bridgehead atoms. The lowest BCUT2D eigenvalue weighted by molar-refractivity contribution is -0.135. The first kappa shape index (κ1) is 15.3. The monoisotopic (exact) mass is 302 g/mol. The van der Waals surface area contributed by atoms with Gasteiger partial charge in [-0.1, -0.05) is 6.07 Å². The molecule has 2 fully saturated rings. The largest absolute Gasteiger partial charge is 0.354 e. The van der Waals surface area contributed by atoms with E-state index in [1.54, 1.807) is 0 Å². The molecule has 22 heavy (non-hydrogen) atoms. The van der Waals surface area contributed by atoms with Gasteiger partial charge in [0.15, 0.2) is 0 Å². The molecule has 120 valence electrons. The Balaban J connectivity index is 1.48. The smallest absolute Gasteiger partial charge is 0.236 e. The minimum Gasteiger partial charge on any atom is -0.354 e. The van der Waals surface area contributed by atoms with Crippen molar-refractivity contribution < 1.29 is 4.79 Å². The number of hydrogen-bond acceptors (Lipinski definition) is 4. The van der Waals surface area contributed by atoms with Crippen LogP contribution in [0.5, 0.6) is 0 Å². The molecular weight excluding hydrogens is 276 g/mol. The van der Waals surface area contributed by atoms with E-state index < -0.39 is 0 Å². The number of carbonyl (C=O) groups is 1. The van der Waals surface area contributed by atoms with Crippen molar-refractivity contribution in [2.24, 2.45) is 0 Å². The second-order valence-electron chi connectivity index (χ2n) is 6.38. The fraction of sp³-hybridized carbons (Fsp3) is 0.647. The summed E-state index contributed by atoms with van der Waals surface area (Å²) in [5, 5.41) is 0. The predicted octanol–water partition coefficient (Wildman–Crippen LogP) is 1.60. The zero-order chi connectivity index (χ0) is 15.4. The second-order valence-corrected chi connectivity index (χ2v) is 6.38. The van der Waals surface area contributed by atoms with E-state index >= 15 is 0 Å². The van der Waals surface area contributed by atoms with E-state index in [1.165, 1.54) is 6.42 Å². The molecule has 0 spiro atoms. The molecule has 2 aliphatic rings. The van der Waals surface area contributed by atoms with Gasteiger partial charge in [-0.3, -0.25) is 9.69 Å². The van der Waals surface area contributed by atoms with E-state index in [1.807, 2.05) is 18.3 Å². The summed E-state index contributed by atoms with van der Waals surface area (Å²) >= 11 is 0. The van der Waals surface area contributed by atoms with Gasteiger partial charge < -0.3 is 9.80 Å². The molecule has 1 atom stereocenters. The van der Waals surface area contributed by atoms with Crippen molar-refractivity contribution >= 4 is 11.7 Å². The highest BCUT2D eigenvalue weighted by Gasteiger charge is 2.26. The van der Waals surface area contributed by atoms with Crippen LogP contribution >= 0.6 is 0 Å². The molecule has 5 nitrogen and oxygen atoms in total. The Morgan fingerprint density at radius 2 is 2.00 bits per heavy atom. The number of anilines is 1. The van der Waals surface area contributed by atoms with Crippen molar-refractivity contribution in [2.45, 2.75) is 32.2 Å². The van der Waals surface area contributed by atoms with Gasteiger partial charge in [0, 0.05) is 45.0 Å². The zero-order valence-corrected chi connectivity index (χ0v) is 13.4. The number of hydrogen-bond donors (Lipinski definition) is 0. The molecule has 2 saturated heterocycles. The van der Waals surface area contributed by atoms with Crippen LogP contribution in [0.2, 0.25) is 0 Å². The van der Waals surface area contributed by atoms with Gasteiger partial charge in [0.25, 0.3) is 0 Å². The number of piperidine rings is 1. The maximum absolute atomic E-state index is 12.5. The Bertz CT molecular complexity index is 485. The average molecular weight is 302 g/mol. The molecule has 5 heteroatoms. The van der Waals surface area contributed by atoms with Crippen LogP contribution in [0.15, 0.2) is 24.4 Å². The van der Waals surface area contributed by atoms with Crippen molar-refractivity contribution in [1.82, 2.24) is 14.8 Å². The van der Waals surface area contributed by atoms with Crippen LogP contribution in [0.25, 0.3) is 0 Å². The quantitative estimate of drug-likeness (QED) is 0.850. The molecule has 0 radical (unpaired) electrons. The van der Waals surface area contributed by atoms with Crippen LogP contribution in [0, 0.1) is 0 Å². The first-order valence-electron chi connectivity index (χ1n) is 8.42. The van der Waals surface area contributed by atoms with E-state index in [0.29, 0.717) is 18.5 Å². The Kier molecular flexibility index (Phi) is 4.93. The topological polar surface area (TPSA) is 39.7 Å². The summed E-state index contributed by atoms with van der Waals surface area (Å²) in [5.41, 5.74) is 0. The van der Waals surface area contributed by atoms with Crippen LogP contribution in [-0.2, 0) is 4.79 Å². The van der Waals surface area contributed by atoms with Crippen molar-refractivity contribution in [2.75, 3.05) is 44.2 Å². The summed E-state index contributed by atoms with van der Waals surface area (Å²) in [6, 6.07) is 6.43. The first-order chi connectivity index (χ1) is 10.7. The number of piperazine rings is 1. The highest BCUT2D eigenvalue weighted by atomic mass is 16.2. The molecule has 1 aromatic heterocycles. The van der Waals surface area contributed by atoms with Crippen LogP contribution in [0.1, 0.15) is 26.2 Å².